The monoisotopic (exact) mass is 311 g/mol. The van der Waals surface area contributed by atoms with Crippen LogP contribution in [0.5, 0.6) is 0 Å². The molecule has 0 radical (unpaired) electrons. The van der Waals surface area contributed by atoms with Crippen LogP contribution in [0.1, 0.15) is 46.5 Å². The second-order valence-corrected chi connectivity index (χ2v) is 7.42. The molecule has 0 unspecified atom stereocenters. The number of aliphatic carboxylic acids is 1. The van der Waals surface area contributed by atoms with E-state index in [2.05, 4.69) is 19.2 Å². The molecule has 126 valence electrons. The van der Waals surface area contributed by atoms with Crippen molar-refractivity contribution >= 4 is 12.0 Å². The topological polar surface area (TPSA) is 72.9 Å². The van der Waals surface area contributed by atoms with Crippen molar-refractivity contribution in [1.82, 2.24) is 15.1 Å². The van der Waals surface area contributed by atoms with Crippen LogP contribution in [0.2, 0.25) is 0 Å². The molecule has 0 atom stereocenters. The van der Waals surface area contributed by atoms with Crippen molar-refractivity contribution < 1.29 is 14.7 Å². The third-order valence-electron chi connectivity index (χ3n) is 4.89. The number of likely N-dealkylation sites (tertiary alicyclic amines) is 1. The number of rotatable bonds is 5. The summed E-state index contributed by atoms with van der Waals surface area (Å²) < 4.78 is 0. The minimum absolute atomic E-state index is 0.0394. The van der Waals surface area contributed by atoms with Gasteiger partial charge in [-0.1, -0.05) is 20.8 Å². The molecule has 1 aliphatic heterocycles. The predicted octanol–water partition coefficient (Wildman–Crippen LogP) is 1.76. The summed E-state index contributed by atoms with van der Waals surface area (Å²) in [6.45, 7) is 8.86. The van der Waals surface area contributed by atoms with Crippen LogP contribution in [0, 0.1) is 5.41 Å². The Bertz CT molecular complexity index is 419. The molecule has 2 amide bonds. The van der Waals surface area contributed by atoms with E-state index >= 15 is 0 Å². The van der Waals surface area contributed by atoms with Gasteiger partial charge in [-0.05, 0) is 37.6 Å². The highest BCUT2D eigenvalue weighted by Crippen LogP contribution is 2.29. The maximum atomic E-state index is 12.3. The Morgan fingerprint density at radius 2 is 2.05 bits per heavy atom. The summed E-state index contributed by atoms with van der Waals surface area (Å²) in [4.78, 5) is 27.0. The van der Waals surface area contributed by atoms with E-state index < -0.39 is 5.97 Å². The Kier molecular flexibility index (Phi) is 5.32. The van der Waals surface area contributed by atoms with Crippen molar-refractivity contribution in [1.29, 1.82) is 0 Å². The fraction of sp³-hybridized carbons (Fsp3) is 0.875. The number of carbonyl (C=O) groups excluding carboxylic acids is 1. The van der Waals surface area contributed by atoms with Gasteiger partial charge in [0.2, 0.25) is 0 Å². The molecule has 1 saturated heterocycles. The molecule has 22 heavy (non-hydrogen) atoms. The zero-order chi connectivity index (χ0) is 16.3. The maximum absolute atomic E-state index is 12.3. The van der Waals surface area contributed by atoms with E-state index in [-0.39, 0.29) is 30.1 Å². The van der Waals surface area contributed by atoms with Crippen LogP contribution < -0.4 is 5.32 Å². The van der Waals surface area contributed by atoms with E-state index in [1.165, 1.54) is 6.42 Å². The maximum Gasteiger partial charge on any atom is 0.317 e. The van der Waals surface area contributed by atoms with E-state index in [4.69, 9.17) is 5.11 Å². The van der Waals surface area contributed by atoms with Crippen LogP contribution in [-0.2, 0) is 4.79 Å². The quantitative estimate of drug-likeness (QED) is 0.811. The fourth-order valence-corrected chi connectivity index (χ4v) is 3.54. The molecule has 2 N–H and O–H groups in total. The van der Waals surface area contributed by atoms with E-state index in [0.29, 0.717) is 0 Å². The normalized spacial score (nSPS) is 27.4. The van der Waals surface area contributed by atoms with Crippen LogP contribution in [0.25, 0.3) is 0 Å². The van der Waals surface area contributed by atoms with Gasteiger partial charge in [-0.3, -0.25) is 9.69 Å². The van der Waals surface area contributed by atoms with E-state index in [1.54, 1.807) is 0 Å². The molecule has 6 heteroatoms. The Labute approximate surface area is 132 Å². The lowest BCUT2D eigenvalue weighted by molar-refractivity contribution is -0.139. The number of carboxylic acids is 1. The van der Waals surface area contributed by atoms with Crippen molar-refractivity contribution in [2.75, 3.05) is 26.2 Å². The number of likely N-dealkylation sites (N-methyl/N-ethyl adjacent to an activating group) is 1. The SMILES string of the molecule is CCN(CC(=O)O)C1CC(NC(=O)N2CCCC(C)(C)C2)C1. The lowest BCUT2D eigenvalue weighted by Gasteiger charge is -2.44. The molecular weight excluding hydrogens is 282 g/mol. The average Bonchev–Trinajstić information content (AvgIpc) is 2.38. The highest BCUT2D eigenvalue weighted by molar-refractivity contribution is 5.75. The second-order valence-electron chi connectivity index (χ2n) is 7.42. The summed E-state index contributed by atoms with van der Waals surface area (Å²) in [7, 11) is 0. The van der Waals surface area contributed by atoms with Gasteiger partial charge in [0.25, 0.3) is 0 Å². The third-order valence-corrected chi connectivity index (χ3v) is 4.89. The van der Waals surface area contributed by atoms with Crippen LogP contribution >= 0.6 is 0 Å². The molecule has 1 aliphatic carbocycles. The first kappa shape index (κ1) is 17.1. The van der Waals surface area contributed by atoms with Gasteiger partial charge < -0.3 is 15.3 Å². The van der Waals surface area contributed by atoms with Crippen LogP contribution in [0.3, 0.4) is 0 Å². The number of amides is 2. The zero-order valence-electron chi connectivity index (χ0n) is 14.0. The van der Waals surface area contributed by atoms with Gasteiger partial charge in [0.05, 0.1) is 6.54 Å². The Hall–Kier alpha value is -1.30. The number of hydrogen-bond acceptors (Lipinski definition) is 3. The van der Waals surface area contributed by atoms with Crippen molar-refractivity contribution in [3.05, 3.63) is 0 Å². The number of piperidine rings is 1. The summed E-state index contributed by atoms with van der Waals surface area (Å²) in [5, 5.41) is 12.0. The zero-order valence-corrected chi connectivity index (χ0v) is 14.0. The first-order valence-electron chi connectivity index (χ1n) is 8.32. The van der Waals surface area contributed by atoms with Gasteiger partial charge in [0.15, 0.2) is 0 Å². The molecular formula is C16H29N3O3. The summed E-state index contributed by atoms with van der Waals surface area (Å²) in [6.07, 6.45) is 3.94. The number of carbonyl (C=O) groups is 2. The van der Waals surface area contributed by atoms with Crippen molar-refractivity contribution in [3.8, 4) is 0 Å². The molecule has 0 aromatic heterocycles. The highest BCUT2D eigenvalue weighted by atomic mass is 16.4. The number of hydrogen-bond donors (Lipinski definition) is 2. The third kappa shape index (κ3) is 4.35. The number of urea groups is 1. The largest absolute Gasteiger partial charge is 0.480 e. The van der Waals surface area contributed by atoms with Crippen LogP contribution in [0.4, 0.5) is 4.79 Å². The van der Waals surface area contributed by atoms with E-state index in [9.17, 15) is 9.59 Å². The van der Waals surface area contributed by atoms with E-state index in [1.807, 2.05) is 16.7 Å². The lowest BCUT2D eigenvalue weighted by Crippen LogP contribution is -2.58. The standard InChI is InChI=1S/C16H29N3O3/c1-4-18(10-14(20)21)13-8-12(9-13)17-15(22)19-7-5-6-16(2,3)11-19/h12-13H,4-11H2,1-3H3,(H,17,22)(H,20,21). The highest BCUT2D eigenvalue weighted by Gasteiger charge is 2.36. The number of nitrogens with one attached hydrogen (secondary N) is 1. The average molecular weight is 311 g/mol. The second kappa shape index (κ2) is 6.86. The molecule has 2 aliphatic rings. The number of carboxylic acid groups (broad SMARTS) is 1. The van der Waals surface area contributed by atoms with Gasteiger partial charge in [0, 0.05) is 25.2 Å². The molecule has 1 heterocycles. The van der Waals surface area contributed by atoms with Gasteiger partial charge in [-0.25, -0.2) is 4.79 Å². The summed E-state index contributed by atoms with van der Waals surface area (Å²) in [5.41, 5.74) is 0.207. The summed E-state index contributed by atoms with van der Waals surface area (Å²) >= 11 is 0. The Morgan fingerprint density at radius 1 is 1.36 bits per heavy atom. The molecule has 0 spiro atoms. The molecule has 1 saturated carbocycles. The number of nitrogens with zero attached hydrogens (tertiary/aromatic N) is 2. The van der Waals surface area contributed by atoms with Crippen molar-refractivity contribution in [3.63, 3.8) is 0 Å². The molecule has 6 nitrogen and oxygen atoms in total. The Morgan fingerprint density at radius 3 is 2.59 bits per heavy atom. The van der Waals surface area contributed by atoms with Gasteiger partial charge >= 0.3 is 12.0 Å². The van der Waals surface area contributed by atoms with Gasteiger partial charge in [-0.15, -0.1) is 0 Å². The van der Waals surface area contributed by atoms with Gasteiger partial charge in [0.1, 0.15) is 0 Å². The molecule has 0 aromatic rings. The summed E-state index contributed by atoms with van der Waals surface area (Å²) in [5.74, 6) is -0.787. The van der Waals surface area contributed by atoms with Crippen LogP contribution in [0.15, 0.2) is 0 Å². The molecule has 0 aromatic carbocycles. The first-order chi connectivity index (χ1) is 10.3. The molecule has 0 bridgehead atoms. The predicted molar refractivity (Wildman–Crippen MR) is 84.8 cm³/mol. The molecule has 2 rings (SSSR count). The summed E-state index contributed by atoms with van der Waals surface area (Å²) in [6, 6.07) is 0.507. The lowest BCUT2D eigenvalue weighted by atomic mass is 9.84. The Balaban J connectivity index is 1.75. The smallest absolute Gasteiger partial charge is 0.317 e. The van der Waals surface area contributed by atoms with Crippen molar-refractivity contribution in [2.45, 2.75) is 58.5 Å². The van der Waals surface area contributed by atoms with Crippen molar-refractivity contribution in [2.24, 2.45) is 5.41 Å². The van der Waals surface area contributed by atoms with E-state index in [0.717, 1.165) is 38.9 Å². The first-order valence-corrected chi connectivity index (χ1v) is 8.32. The fourth-order valence-electron chi connectivity index (χ4n) is 3.54. The molecule has 2 fully saturated rings. The van der Waals surface area contributed by atoms with Gasteiger partial charge in [-0.2, -0.15) is 0 Å². The minimum Gasteiger partial charge on any atom is -0.480 e. The minimum atomic E-state index is -0.787. The van der Waals surface area contributed by atoms with Crippen LogP contribution in [-0.4, -0.2) is 65.2 Å².